The molecule has 0 unspecified atom stereocenters. The minimum atomic E-state index is -4.14. The van der Waals surface area contributed by atoms with Crippen LogP contribution in [0.3, 0.4) is 0 Å². The fourth-order valence-electron chi connectivity index (χ4n) is 2.23. The number of nitrogens with zero attached hydrogens (tertiary/aromatic N) is 1. The molecule has 0 radical (unpaired) electrons. The lowest BCUT2D eigenvalue weighted by atomic mass is 10.1. The molecule has 0 bridgehead atoms. The summed E-state index contributed by atoms with van der Waals surface area (Å²) in [6, 6.07) is 10.6. The molecule has 3 aromatic rings. The van der Waals surface area contributed by atoms with Crippen LogP contribution in [-0.2, 0) is 10.0 Å². The van der Waals surface area contributed by atoms with Crippen molar-refractivity contribution in [2.24, 2.45) is 5.14 Å². The molecule has 9 heteroatoms. The maximum absolute atomic E-state index is 14.1. The number of hydrogen-bond donors (Lipinski definition) is 1. The van der Waals surface area contributed by atoms with Crippen LogP contribution in [0.25, 0.3) is 16.9 Å². The second-order valence-corrected chi connectivity index (χ2v) is 8.16. The van der Waals surface area contributed by atoms with Gasteiger partial charge in [0.1, 0.15) is 10.7 Å². The average molecular weight is 429 g/mol. The van der Waals surface area contributed by atoms with E-state index in [0.717, 1.165) is 27.9 Å². The number of halogens is 2. The van der Waals surface area contributed by atoms with Gasteiger partial charge in [0.25, 0.3) is 0 Å². The van der Waals surface area contributed by atoms with E-state index in [2.05, 4.69) is 15.9 Å². The summed E-state index contributed by atoms with van der Waals surface area (Å²) in [7, 11) is -4.14. The average Bonchev–Trinajstić information content (AvgIpc) is 2.88. The third-order valence-electron chi connectivity index (χ3n) is 3.31. The zero-order chi connectivity index (χ0) is 17.5. The van der Waals surface area contributed by atoms with Crippen LogP contribution in [0.5, 0.6) is 0 Å². The van der Waals surface area contributed by atoms with Crippen molar-refractivity contribution in [1.82, 2.24) is 4.57 Å². The third-order valence-corrected chi connectivity index (χ3v) is 5.51. The largest absolute Gasteiger partial charge is 0.312 e. The molecule has 2 aromatic carbocycles. The van der Waals surface area contributed by atoms with Crippen LogP contribution in [0.15, 0.2) is 62.0 Å². The summed E-state index contributed by atoms with van der Waals surface area (Å²) >= 11 is 4.29. The maximum atomic E-state index is 14.1. The maximum Gasteiger partial charge on any atom is 0.312 e. The Morgan fingerprint density at radius 2 is 1.79 bits per heavy atom. The molecule has 0 aliphatic heterocycles. The van der Waals surface area contributed by atoms with Gasteiger partial charge in [-0.25, -0.2) is 17.9 Å². The summed E-state index contributed by atoms with van der Waals surface area (Å²) in [5.41, 5.74) is 1.46. The second kappa shape index (κ2) is 6.25. The number of nitrogens with two attached hydrogens (primary N) is 1. The van der Waals surface area contributed by atoms with Crippen LogP contribution in [0.2, 0.25) is 0 Å². The van der Waals surface area contributed by atoms with Crippen molar-refractivity contribution >= 4 is 37.3 Å². The van der Waals surface area contributed by atoms with Crippen LogP contribution in [0, 0.1) is 5.82 Å². The van der Waals surface area contributed by atoms with Gasteiger partial charge in [-0.15, -0.1) is 0 Å². The van der Waals surface area contributed by atoms with Crippen molar-refractivity contribution in [2.75, 3.05) is 0 Å². The van der Waals surface area contributed by atoms with Crippen LogP contribution in [-0.4, -0.2) is 13.0 Å². The highest BCUT2D eigenvalue weighted by atomic mass is 79.9. The first kappa shape index (κ1) is 17.0. The van der Waals surface area contributed by atoms with E-state index in [4.69, 9.17) is 5.14 Å². The Hall–Kier alpha value is -1.81. The Bertz CT molecular complexity index is 1070. The predicted molar refractivity (Wildman–Crippen MR) is 94.4 cm³/mol. The molecule has 5 nitrogen and oxygen atoms in total. The summed E-state index contributed by atoms with van der Waals surface area (Å²) in [5.74, 6) is -0.962. The third kappa shape index (κ3) is 3.20. The lowest BCUT2D eigenvalue weighted by Gasteiger charge is -2.09. The number of benzene rings is 2. The Morgan fingerprint density at radius 3 is 2.38 bits per heavy atom. The van der Waals surface area contributed by atoms with Crippen molar-refractivity contribution in [3.8, 4) is 16.9 Å². The van der Waals surface area contributed by atoms with Gasteiger partial charge in [0, 0.05) is 15.4 Å². The van der Waals surface area contributed by atoms with Crippen molar-refractivity contribution < 1.29 is 12.8 Å². The quantitative estimate of drug-likeness (QED) is 0.695. The van der Waals surface area contributed by atoms with Gasteiger partial charge in [0.05, 0.1) is 11.4 Å². The molecule has 1 aromatic heterocycles. The highest BCUT2D eigenvalue weighted by Crippen LogP contribution is 2.26. The highest BCUT2D eigenvalue weighted by molar-refractivity contribution is 9.10. The Morgan fingerprint density at radius 1 is 1.12 bits per heavy atom. The molecular formula is C15H10BrFN2O3S2. The molecular weight excluding hydrogens is 419 g/mol. The van der Waals surface area contributed by atoms with E-state index in [9.17, 15) is 17.6 Å². The van der Waals surface area contributed by atoms with Gasteiger partial charge in [-0.3, -0.25) is 9.36 Å². The first-order chi connectivity index (χ1) is 11.3. The van der Waals surface area contributed by atoms with Crippen LogP contribution >= 0.6 is 27.3 Å². The Balaban J connectivity index is 2.17. The highest BCUT2D eigenvalue weighted by Gasteiger charge is 2.17. The summed E-state index contributed by atoms with van der Waals surface area (Å²) in [6.07, 6.45) is 0. The van der Waals surface area contributed by atoms with E-state index < -0.39 is 20.7 Å². The Kier molecular flexibility index (Phi) is 4.43. The van der Waals surface area contributed by atoms with E-state index in [1.807, 2.05) is 0 Å². The number of thiazole rings is 1. The van der Waals surface area contributed by atoms with Crippen molar-refractivity contribution in [3.05, 3.63) is 67.8 Å². The molecule has 0 saturated carbocycles. The fraction of sp³-hybridized carbons (Fsp3) is 0. The molecule has 0 amide bonds. The summed E-state index contributed by atoms with van der Waals surface area (Å²) in [6.45, 7) is 0. The number of hydrogen-bond acceptors (Lipinski definition) is 4. The number of sulfonamides is 1. The second-order valence-electron chi connectivity index (χ2n) is 4.89. The molecule has 0 spiro atoms. The van der Waals surface area contributed by atoms with Crippen LogP contribution in [0.4, 0.5) is 4.39 Å². The van der Waals surface area contributed by atoms with E-state index in [1.54, 1.807) is 29.6 Å². The lowest BCUT2D eigenvalue weighted by Crippen LogP contribution is -2.14. The summed E-state index contributed by atoms with van der Waals surface area (Å²) in [4.78, 5) is 11.4. The zero-order valence-electron chi connectivity index (χ0n) is 11.9. The number of primary sulfonamides is 1. The van der Waals surface area contributed by atoms with Gasteiger partial charge in [-0.1, -0.05) is 33.3 Å². The van der Waals surface area contributed by atoms with Gasteiger partial charge in [0.2, 0.25) is 10.0 Å². The smallest absolute Gasteiger partial charge is 0.267 e. The Labute approximate surface area is 149 Å². The molecule has 24 heavy (non-hydrogen) atoms. The van der Waals surface area contributed by atoms with Crippen LogP contribution < -0.4 is 10.0 Å². The summed E-state index contributed by atoms with van der Waals surface area (Å²) < 4.78 is 39.0. The van der Waals surface area contributed by atoms with Gasteiger partial charge >= 0.3 is 4.87 Å². The number of aromatic nitrogens is 1. The van der Waals surface area contributed by atoms with E-state index >= 15 is 0 Å². The van der Waals surface area contributed by atoms with Gasteiger partial charge in [-0.05, 0) is 36.4 Å². The van der Waals surface area contributed by atoms with E-state index in [1.165, 1.54) is 10.6 Å². The number of rotatable bonds is 3. The van der Waals surface area contributed by atoms with Crippen molar-refractivity contribution in [2.45, 2.75) is 4.90 Å². The molecule has 0 aliphatic carbocycles. The van der Waals surface area contributed by atoms with Gasteiger partial charge in [-0.2, -0.15) is 0 Å². The molecule has 124 valence electrons. The standard InChI is InChI=1S/C15H10BrFN2O3S2/c16-10-2-4-11(5-3-10)19-13(8-23-15(19)20)9-1-6-14(12(17)7-9)24(18,21)22/h1-8H,(H2,18,21,22). The molecule has 3 rings (SSSR count). The van der Waals surface area contributed by atoms with Crippen LogP contribution in [0.1, 0.15) is 0 Å². The molecule has 1 heterocycles. The van der Waals surface area contributed by atoms with E-state index in [0.29, 0.717) is 16.9 Å². The van der Waals surface area contributed by atoms with Gasteiger partial charge in [0.15, 0.2) is 0 Å². The normalized spacial score (nSPS) is 11.6. The molecule has 0 aliphatic rings. The van der Waals surface area contributed by atoms with Crippen molar-refractivity contribution in [3.63, 3.8) is 0 Å². The topological polar surface area (TPSA) is 82.2 Å². The monoisotopic (exact) mass is 428 g/mol. The van der Waals surface area contributed by atoms with Crippen molar-refractivity contribution in [1.29, 1.82) is 0 Å². The van der Waals surface area contributed by atoms with Gasteiger partial charge < -0.3 is 0 Å². The zero-order valence-corrected chi connectivity index (χ0v) is 15.2. The predicted octanol–water partition coefficient (Wildman–Crippen LogP) is 3.12. The van der Waals surface area contributed by atoms with E-state index in [-0.39, 0.29) is 4.87 Å². The first-order valence-corrected chi connectivity index (χ1v) is 9.78. The molecule has 0 fully saturated rings. The first-order valence-electron chi connectivity index (χ1n) is 6.56. The molecule has 0 saturated heterocycles. The lowest BCUT2D eigenvalue weighted by molar-refractivity contribution is 0.568. The molecule has 2 N–H and O–H groups in total. The SMILES string of the molecule is NS(=O)(=O)c1ccc(-c2csc(=O)n2-c2ccc(Br)cc2)cc1F. The minimum Gasteiger partial charge on any atom is -0.267 e. The molecule has 0 atom stereocenters. The fourth-order valence-corrected chi connectivity index (χ4v) is 3.85. The summed E-state index contributed by atoms with van der Waals surface area (Å²) in [5, 5.41) is 6.55. The minimum absolute atomic E-state index is 0.233.